The van der Waals surface area contributed by atoms with Gasteiger partial charge in [-0.1, -0.05) is 12.1 Å². The molecule has 2 N–H and O–H groups in total. The average molecular weight is 353 g/mol. The van der Waals surface area contributed by atoms with Crippen molar-refractivity contribution in [2.24, 2.45) is 0 Å². The number of nitrogens with one attached hydrogen (secondary N) is 1. The third kappa shape index (κ3) is 2.68. The first-order valence-corrected chi connectivity index (χ1v) is 8.61. The summed E-state index contributed by atoms with van der Waals surface area (Å²) in [7, 11) is 0. The summed E-state index contributed by atoms with van der Waals surface area (Å²) < 4.78 is 1.49. The highest BCUT2D eigenvalue weighted by atomic mass is 16.3. The number of likely N-dealkylation sites (tertiary alicyclic amines) is 1. The molecule has 1 amide bonds. The molecule has 26 heavy (non-hydrogen) atoms. The van der Waals surface area contributed by atoms with E-state index in [0.717, 1.165) is 12.8 Å². The third-order valence-corrected chi connectivity index (χ3v) is 4.76. The van der Waals surface area contributed by atoms with E-state index in [1.54, 1.807) is 29.2 Å². The van der Waals surface area contributed by atoms with Gasteiger partial charge < -0.3 is 10.0 Å². The Morgan fingerprint density at radius 1 is 1.31 bits per heavy atom. The molecule has 2 aromatic heterocycles. The molecule has 1 saturated heterocycles. The van der Waals surface area contributed by atoms with E-state index in [1.807, 2.05) is 6.07 Å². The van der Waals surface area contributed by atoms with Gasteiger partial charge in [-0.3, -0.25) is 19.3 Å². The van der Waals surface area contributed by atoms with E-state index in [2.05, 4.69) is 15.2 Å². The minimum Gasteiger partial charge on any atom is -0.395 e. The molecule has 1 aliphatic rings. The van der Waals surface area contributed by atoms with Crippen molar-refractivity contribution in [3.63, 3.8) is 0 Å². The van der Waals surface area contributed by atoms with Crippen LogP contribution in [0.2, 0.25) is 0 Å². The highest BCUT2D eigenvalue weighted by molar-refractivity contribution is 5.92. The van der Waals surface area contributed by atoms with Gasteiger partial charge in [-0.15, -0.1) is 0 Å². The summed E-state index contributed by atoms with van der Waals surface area (Å²) in [4.78, 5) is 32.1. The zero-order valence-electron chi connectivity index (χ0n) is 14.1. The Hall–Kier alpha value is -3.00. The average Bonchev–Trinajstić information content (AvgIpc) is 3.35. The summed E-state index contributed by atoms with van der Waals surface area (Å²) in [6.07, 6.45) is 3.08. The fourth-order valence-corrected chi connectivity index (χ4v) is 3.56. The van der Waals surface area contributed by atoms with Crippen LogP contribution in [0, 0.1) is 0 Å². The van der Waals surface area contributed by atoms with Crippen molar-refractivity contribution in [3.8, 4) is 0 Å². The highest BCUT2D eigenvalue weighted by Gasteiger charge is 2.34. The van der Waals surface area contributed by atoms with Gasteiger partial charge in [-0.2, -0.15) is 5.10 Å². The monoisotopic (exact) mass is 353 g/mol. The largest absolute Gasteiger partial charge is 0.395 e. The molecule has 4 rings (SSSR count). The first kappa shape index (κ1) is 16.5. The predicted molar refractivity (Wildman–Crippen MR) is 94.7 cm³/mol. The molecule has 0 radical (unpaired) electrons. The minimum atomic E-state index is -0.311. The Morgan fingerprint density at radius 2 is 2.15 bits per heavy atom. The maximum Gasteiger partial charge on any atom is 0.272 e. The van der Waals surface area contributed by atoms with Crippen molar-refractivity contribution in [1.82, 2.24) is 24.6 Å². The lowest BCUT2D eigenvalue weighted by Gasteiger charge is -2.26. The summed E-state index contributed by atoms with van der Waals surface area (Å²) in [6.45, 7) is 0.563. The quantitative estimate of drug-likeness (QED) is 0.731. The highest BCUT2D eigenvalue weighted by Crippen LogP contribution is 2.32. The molecule has 3 aromatic rings. The van der Waals surface area contributed by atoms with Gasteiger partial charge in [0.05, 0.1) is 30.1 Å². The number of benzene rings is 1. The van der Waals surface area contributed by atoms with Crippen LogP contribution in [0.25, 0.3) is 10.9 Å². The number of aromatic amines is 1. The second-order valence-corrected chi connectivity index (χ2v) is 6.29. The lowest BCUT2D eigenvalue weighted by molar-refractivity contribution is 0.0720. The van der Waals surface area contributed by atoms with E-state index in [9.17, 15) is 14.7 Å². The van der Waals surface area contributed by atoms with Crippen molar-refractivity contribution in [1.29, 1.82) is 0 Å². The zero-order chi connectivity index (χ0) is 18.1. The van der Waals surface area contributed by atoms with Crippen LogP contribution >= 0.6 is 0 Å². The maximum absolute atomic E-state index is 12.9. The predicted octanol–water partition coefficient (Wildman–Crippen LogP) is 1.09. The Balaban J connectivity index is 1.83. The number of nitrogens with zero attached hydrogens (tertiary/aromatic N) is 4. The Kier molecular flexibility index (Phi) is 4.26. The van der Waals surface area contributed by atoms with E-state index in [-0.39, 0.29) is 30.7 Å². The standard InChI is InChI=1S/C18H19N5O3/c24-11-10-23-16(20-13-5-2-1-4-12(13)17(23)25)15-6-3-9-22(15)18(26)14-7-8-19-21-14/h1-2,4-5,7-8,15,24H,3,6,9-11H2,(H,19,21). The molecule has 0 spiro atoms. The number of aliphatic hydroxyl groups excluding tert-OH is 1. The Bertz CT molecular complexity index is 996. The minimum absolute atomic E-state index is 0.147. The molecular weight excluding hydrogens is 334 g/mol. The van der Waals surface area contributed by atoms with Crippen LogP contribution in [-0.2, 0) is 6.54 Å². The van der Waals surface area contributed by atoms with Crippen LogP contribution in [0.4, 0.5) is 0 Å². The van der Waals surface area contributed by atoms with Crippen molar-refractivity contribution in [2.75, 3.05) is 13.2 Å². The number of hydrogen-bond acceptors (Lipinski definition) is 5. The molecule has 0 aliphatic carbocycles. The summed E-state index contributed by atoms with van der Waals surface area (Å²) >= 11 is 0. The number of aliphatic hydroxyl groups is 1. The molecule has 0 saturated carbocycles. The van der Waals surface area contributed by atoms with Crippen molar-refractivity contribution >= 4 is 16.8 Å². The van der Waals surface area contributed by atoms with E-state index < -0.39 is 0 Å². The van der Waals surface area contributed by atoms with Crippen molar-refractivity contribution in [2.45, 2.75) is 25.4 Å². The van der Waals surface area contributed by atoms with E-state index in [1.165, 1.54) is 10.8 Å². The molecule has 1 aliphatic heterocycles. The van der Waals surface area contributed by atoms with Gasteiger partial charge in [0.25, 0.3) is 11.5 Å². The molecule has 8 nitrogen and oxygen atoms in total. The molecule has 3 heterocycles. The van der Waals surface area contributed by atoms with Crippen LogP contribution in [-0.4, -0.2) is 48.8 Å². The molecule has 0 bridgehead atoms. The first-order chi connectivity index (χ1) is 12.7. The molecular formula is C18H19N5O3. The van der Waals surface area contributed by atoms with Crippen LogP contribution in [0.5, 0.6) is 0 Å². The second-order valence-electron chi connectivity index (χ2n) is 6.29. The zero-order valence-corrected chi connectivity index (χ0v) is 14.1. The van der Waals surface area contributed by atoms with Crippen LogP contribution in [0.3, 0.4) is 0 Å². The molecule has 134 valence electrons. The summed E-state index contributed by atoms with van der Waals surface area (Å²) in [6, 6.07) is 8.46. The van der Waals surface area contributed by atoms with Crippen LogP contribution in [0.15, 0.2) is 41.3 Å². The lowest BCUT2D eigenvalue weighted by atomic mass is 10.1. The van der Waals surface area contributed by atoms with Gasteiger partial charge >= 0.3 is 0 Å². The summed E-state index contributed by atoms with van der Waals surface area (Å²) in [5.41, 5.74) is 0.816. The van der Waals surface area contributed by atoms with Gasteiger partial charge in [0.1, 0.15) is 11.5 Å². The number of hydrogen-bond donors (Lipinski definition) is 2. The van der Waals surface area contributed by atoms with Gasteiger partial charge in [0.2, 0.25) is 0 Å². The fraction of sp³-hybridized carbons (Fsp3) is 0.333. The maximum atomic E-state index is 12.9. The van der Waals surface area contributed by atoms with Crippen molar-refractivity contribution in [3.05, 3.63) is 58.4 Å². The van der Waals surface area contributed by atoms with Gasteiger partial charge in [-0.25, -0.2) is 4.98 Å². The second kappa shape index (κ2) is 6.72. The number of carbonyl (C=O) groups excluding carboxylic acids is 1. The van der Waals surface area contributed by atoms with E-state index in [0.29, 0.717) is 29.0 Å². The van der Waals surface area contributed by atoms with Gasteiger partial charge in [0.15, 0.2) is 0 Å². The van der Waals surface area contributed by atoms with E-state index in [4.69, 9.17) is 0 Å². The number of rotatable bonds is 4. The fourth-order valence-electron chi connectivity index (χ4n) is 3.56. The van der Waals surface area contributed by atoms with Crippen LogP contribution in [0.1, 0.15) is 35.2 Å². The molecule has 1 atom stereocenters. The number of aromatic nitrogens is 4. The number of carbonyl (C=O) groups is 1. The number of fused-ring (bicyclic) bond motifs is 1. The smallest absolute Gasteiger partial charge is 0.272 e. The summed E-state index contributed by atoms with van der Waals surface area (Å²) in [5.74, 6) is 0.357. The third-order valence-electron chi connectivity index (χ3n) is 4.76. The van der Waals surface area contributed by atoms with Gasteiger partial charge in [-0.05, 0) is 31.0 Å². The topological polar surface area (TPSA) is 104 Å². The normalized spacial score (nSPS) is 17.1. The number of H-pyrrole nitrogens is 1. The number of amides is 1. The number of para-hydroxylation sites is 1. The molecule has 1 fully saturated rings. The Morgan fingerprint density at radius 3 is 2.92 bits per heavy atom. The first-order valence-electron chi connectivity index (χ1n) is 8.61. The molecule has 1 unspecified atom stereocenters. The SMILES string of the molecule is O=C(c1ccn[nH]1)N1CCCC1c1nc2ccccc2c(=O)n1CCO. The van der Waals surface area contributed by atoms with Crippen molar-refractivity contribution < 1.29 is 9.90 Å². The van der Waals surface area contributed by atoms with Gasteiger partial charge in [0, 0.05) is 12.7 Å². The lowest BCUT2D eigenvalue weighted by Crippen LogP contribution is -2.36. The van der Waals surface area contributed by atoms with E-state index >= 15 is 0 Å². The Labute approximate surface area is 149 Å². The summed E-state index contributed by atoms with van der Waals surface area (Å²) in [5, 5.41) is 16.5. The molecule has 1 aromatic carbocycles. The molecule has 8 heteroatoms. The van der Waals surface area contributed by atoms with Crippen LogP contribution < -0.4 is 5.56 Å².